The van der Waals surface area contributed by atoms with Crippen LogP contribution in [0.1, 0.15) is 129 Å². The summed E-state index contributed by atoms with van der Waals surface area (Å²) in [4.78, 5) is 0. The van der Waals surface area contributed by atoms with Gasteiger partial charge in [0.15, 0.2) is 5.72 Å². The van der Waals surface area contributed by atoms with Crippen LogP contribution in [0.2, 0.25) is 0 Å². The molecule has 0 radical (unpaired) electrons. The van der Waals surface area contributed by atoms with Gasteiger partial charge in [-0.15, -0.1) is 0 Å². The Kier molecular flexibility index (Phi) is 12.9. The zero-order valence-electron chi connectivity index (χ0n) is 18.5. The molecule has 26 heavy (non-hydrogen) atoms. The number of hydrogen-bond acceptors (Lipinski definition) is 1. The van der Waals surface area contributed by atoms with E-state index in [9.17, 15) is 5.11 Å². The van der Waals surface area contributed by atoms with Crippen LogP contribution < -0.4 is 0 Å². The van der Waals surface area contributed by atoms with Crippen molar-refractivity contribution in [3.63, 3.8) is 0 Å². The average molecular weight is 369 g/mol. The van der Waals surface area contributed by atoms with Gasteiger partial charge in [0.05, 0.1) is 20.6 Å². The van der Waals surface area contributed by atoms with Crippen molar-refractivity contribution in [3.8, 4) is 0 Å². The van der Waals surface area contributed by atoms with Gasteiger partial charge in [-0.25, -0.2) is 0 Å². The Morgan fingerprint density at radius 1 is 0.615 bits per heavy atom. The maximum absolute atomic E-state index is 11.0. The molecule has 0 spiro atoms. The summed E-state index contributed by atoms with van der Waals surface area (Å²) >= 11 is 0. The fourth-order valence-electron chi connectivity index (χ4n) is 4.63. The van der Waals surface area contributed by atoms with Crippen LogP contribution in [0.4, 0.5) is 0 Å². The number of aliphatic hydroxyl groups is 1. The monoisotopic (exact) mass is 368 g/mol. The van der Waals surface area contributed by atoms with Crippen LogP contribution in [-0.2, 0) is 0 Å². The second kappa shape index (κ2) is 14.0. The number of rotatable bonds is 16. The SMILES string of the molecule is CCCCCCCCCCCCCCCC[N+](C)(C)C1(O)CCCCC1. The first kappa shape index (κ1) is 24.0. The van der Waals surface area contributed by atoms with Crippen LogP contribution in [0, 0.1) is 0 Å². The Morgan fingerprint density at radius 3 is 1.42 bits per heavy atom. The molecule has 0 saturated heterocycles. The highest BCUT2D eigenvalue weighted by Gasteiger charge is 2.43. The highest BCUT2D eigenvalue weighted by atomic mass is 16.3. The summed E-state index contributed by atoms with van der Waals surface area (Å²) in [6.07, 6.45) is 25.5. The summed E-state index contributed by atoms with van der Waals surface area (Å²) < 4.78 is 0.811. The van der Waals surface area contributed by atoms with Gasteiger partial charge in [-0.3, -0.25) is 0 Å². The smallest absolute Gasteiger partial charge is 0.200 e. The zero-order valence-corrected chi connectivity index (χ0v) is 18.5. The molecule has 0 heterocycles. The van der Waals surface area contributed by atoms with Gasteiger partial charge >= 0.3 is 0 Å². The molecule has 156 valence electrons. The molecule has 1 rings (SSSR count). The van der Waals surface area contributed by atoms with E-state index in [0.717, 1.165) is 23.9 Å². The van der Waals surface area contributed by atoms with Gasteiger partial charge in [0, 0.05) is 12.8 Å². The fraction of sp³-hybridized carbons (Fsp3) is 1.00. The lowest BCUT2D eigenvalue weighted by molar-refractivity contribution is -0.969. The Morgan fingerprint density at radius 2 is 1.00 bits per heavy atom. The molecule has 1 aliphatic rings. The van der Waals surface area contributed by atoms with Crippen molar-refractivity contribution in [2.24, 2.45) is 0 Å². The van der Waals surface area contributed by atoms with Gasteiger partial charge in [0.25, 0.3) is 0 Å². The Labute approximate surface area is 165 Å². The van der Waals surface area contributed by atoms with Crippen molar-refractivity contribution in [2.75, 3.05) is 20.6 Å². The molecule has 2 nitrogen and oxygen atoms in total. The third kappa shape index (κ3) is 9.74. The molecule has 0 aromatic carbocycles. The van der Waals surface area contributed by atoms with Crippen LogP contribution in [0.3, 0.4) is 0 Å². The minimum atomic E-state index is -0.450. The van der Waals surface area contributed by atoms with Crippen LogP contribution in [0.5, 0.6) is 0 Å². The third-order valence-electron chi connectivity index (χ3n) is 6.85. The van der Waals surface area contributed by atoms with E-state index in [1.165, 1.54) is 109 Å². The summed E-state index contributed by atoms with van der Waals surface area (Å²) in [6.45, 7) is 3.43. The van der Waals surface area contributed by atoms with Gasteiger partial charge in [0.2, 0.25) is 0 Å². The normalized spacial score (nSPS) is 17.5. The number of quaternary nitrogens is 1. The minimum Gasteiger partial charge on any atom is -0.342 e. The quantitative estimate of drug-likeness (QED) is 0.173. The van der Waals surface area contributed by atoms with Gasteiger partial charge in [-0.05, 0) is 25.7 Å². The van der Waals surface area contributed by atoms with Crippen LogP contribution in [0.25, 0.3) is 0 Å². The van der Waals surface area contributed by atoms with E-state index in [0.29, 0.717) is 0 Å². The van der Waals surface area contributed by atoms with E-state index in [1.807, 2.05) is 0 Å². The van der Waals surface area contributed by atoms with Crippen molar-refractivity contribution < 1.29 is 9.59 Å². The predicted octanol–water partition coefficient (Wildman–Crippen LogP) is 7.20. The molecule has 0 aliphatic heterocycles. The summed E-state index contributed by atoms with van der Waals surface area (Å²) in [5.74, 6) is 0. The van der Waals surface area contributed by atoms with Crippen LogP contribution in [0.15, 0.2) is 0 Å². The summed E-state index contributed by atoms with van der Waals surface area (Å²) in [5.41, 5.74) is -0.450. The van der Waals surface area contributed by atoms with Crippen molar-refractivity contribution in [3.05, 3.63) is 0 Å². The van der Waals surface area contributed by atoms with E-state index < -0.39 is 5.72 Å². The number of unbranched alkanes of at least 4 members (excludes halogenated alkanes) is 13. The molecule has 0 unspecified atom stereocenters. The Bertz CT molecular complexity index is 320. The molecular formula is C24H50NO+. The largest absolute Gasteiger partial charge is 0.342 e. The molecule has 0 aromatic rings. The first-order valence-electron chi connectivity index (χ1n) is 12.1. The van der Waals surface area contributed by atoms with Crippen molar-refractivity contribution in [1.82, 2.24) is 0 Å². The maximum atomic E-state index is 11.0. The van der Waals surface area contributed by atoms with Crippen molar-refractivity contribution in [1.29, 1.82) is 0 Å². The molecule has 0 bridgehead atoms. The van der Waals surface area contributed by atoms with E-state index in [2.05, 4.69) is 21.0 Å². The second-order valence-corrected chi connectivity index (χ2v) is 9.55. The fourth-order valence-corrected chi connectivity index (χ4v) is 4.63. The van der Waals surface area contributed by atoms with E-state index in [4.69, 9.17) is 0 Å². The molecule has 1 saturated carbocycles. The number of hydrogen-bond donors (Lipinski definition) is 1. The van der Waals surface area contributed by atoms with E-state index >= 15 is 0 Å². The summed E-state index contributed by atoms with van der Waals surface area (Å²) in [5, 5.41) is 11.0. The average Bonchev–Trinajstić information content (AvgIpc) is 2.62. The van der Waals surface area contributed by atoms with Crippen LogP contribution >= 0.6 is 0 Å². The zero-order chi connectivity index (χ0) is 19.1. The lowest BCUT2D eigenvalue weighted by Gasteiger charge is -2.47. The van der Waals surface area contributed by atoms with E-state index in [1.54, 1.807) is 0 Å². The highest BCUT2D eigenvalue weighted by Crippen LogP contribution is 2.34. The maximum Gasteiger partial charge on any atom is 0.200 e. The molecule has 1 fully saturated rings. The Hall–Kier alpha value is -0.0800. The van der Waals surface area contributed by atoms with Gasteiger partial charge in [-0.1, -0.05) is 90.4 Å². The third-order valence-corrected chi connectivity index (χ3v) is 6.85. The lowest BCUT2D eigenvalue weighted by Crippen LogP contribution is -2.60. The first-order chi connectivity index (χ1) is 12.5. The topological polar surface area (TPSA) is 20.2 Å². The number of nitrogens with zero attached hydrogens (tertiary/aromatic N) is 1. The Balaban J connectivity index is 1.90. The predicted molar refractivity (Wildman–Crippen MR) is 115 cm³/mol. The molecule has 1 aliphatic carbocycles. The summed E-state index contributed by atoms with van der Waals surface area (Å²) in [6, 6.07) is 0. The lowest BCUT2D eigenvalue weighted by atomic mass is 9.89. The van der Waals surface area contributed by atoms with Gasteiger partial charge in [0.1, 0.15) is 0 Å². The second-order valence-electron chi connectivity index (χ2n) is 9.55. The molecule has 0 amide bonds. The first-order valence-corrected chi connectivity index (χ1v) is 12.1. The minimum absolute atomic E-state index is 0.450. The molecule has 1 N–H and O–H groups in total. The molecular weight excluding hydrogens is 318 g/mol. The molecule has 2 heteroatoms. The van der Waals surface area contributed by atoms with Crippen molar-refractivity contribution >= 4 is 0 Å². The highest BCUT2D eigenvalue weighted by molar-refractivity contribution is 4.73. The van der Waals surface area contributed by atoms with Crippen LogP contribution in [-0.4, -0.2) is 36.0 Å². The van der Waals surface area contributed by atoms with Gasteiger partial charge < -0.3 is 9.59 Å². The van der Waals surface area contributed by atoms with Crippen molar-refractivity contribution in [2.45, 2.75) is 135 Å². The van der Waals surface area contributed by atoms with Gasteiger partial charge in [-0.2, -0.15) is 0 Å². The molecule has 0 atom stereocenters. The summed E-state index contributed by atoms with van der Waals surface area (Å²) in [7, 11) is 4.49. The molecule has 0 aromatic heterocycles. The standard InChI is InChI=1S/C24H50NO/c1-4-5-6-7-8-9-10-11-12-13-14-15-16-20-23-25(2,3)24(26)21-18-17-19-22-24/h26H,4-23H2,1-3H3/q+1. The van der Waals surface area contributed by atoms with E-state index in [-0.39, 0.29) is 0 Å².